The van der Waals surface area contributed by atoms with Gasteiger partial charge in [0.2, 0.25) is 0 Å². The average Bonchev–Trinajstić information content (AvgIpc) is 2.47. The predicted octanol–water partition coefficient (Wildman–Crippen LogP) is 3.35. The average molecular weight is 261 g/mol. The van der Waals surface area contributed by atoms with E-state index in [0.29, 0.717) is 12.2 Å². The van der Waals surface area contributed by atoms with Crippen LogP contribution in [0.1, 0.15) is 36.5 Å². The van der Waals surface area contributed by atoms with Gasteiger partial charge in [-0.2, -0.15) is 0 Å². The number of hydrogen-bond acceptors (Lipinski definition) is 4. The minimum atomic E-state index is -0.304. The van der Waals surface area contributed by atoms with Crippen LogP contribution >= 0.6 is 0 Å². The van der Waals surface area contributed by atoms with E-state index < -0.39 is 0 Å². The zero-order valence-electron chi connectivity index (χ0n) is 11.2. The summed E-state index contributed by atoms with van der Waals surface area (Å²) in [5.41, 5.74) is 1.29. The van der Waals surface area contributed by atoms with E-state index >= 15 is 0 Å². The van der Waals surface area contributed by atoms with Crippen LogP contribution in [0, 0.1) is 0 Å². The Morgan fingerprint density at radius 2 is 1.89 bits per heavy atom. The number of rotatable bonds is 4. The molecule has 0 aromatic heterocycles. The first kappa shape index (κ1) is 13.5. The highest BCUT2D eigenvalue weighted by Gasteiger charge is 2.08. The monoisotopic (exact) mass is 261 g/mol. The first-order valence-corrected chi connectivity index (χ1v) is 6.73. The Kier molecular flexibility index (Phi) is 4.89. The normalized spacial score (nSPS) is 15.7. The van der Waals surface area contributed by atoms with E-state index in [4.69, 9.17) is 4.74 Å². The topological polar surface area (TPSA) is 54.3 Å². The van der Waals surface area contributed by atoms with Gasteiger partial charge in [-0.1, -0.05) is 5.22 Å². The Labute approximate surface area is 113 Å². The summed E-state index contributed by atoms with van der Waals surface area (Å²) in [6.07, 6.45) is 3.64. The highest BCUT2D eigenvalue weighted by Crippen LogP contribution is 2.16. The predicted molar refractivity (Wildman–Crippen MR) is 72.3 cm³/mol. The van der Waals surface area contributed by atoms with Gasteiger partial charge in [-0.05, 0) is 50.5 Å². The Morgan fingerprint density at radius 1 is 1.21 bits per heavy atom. The molecule has 1 aromatic rings. The third-order valence-corrected chi connectivity index (χ3v) is 3.00. The fraction of sp³-hybridized carbons (Fsp3) is 0.500. The zero-order chi connectivity index (χ0) is 13.5. The Balaban J connectivity index is 1.94. The first-order chi connectivity index (χ1) is 9.29. The molecule has 0 N–H and O–H groups in total. The van der Waals surface area contributed by atoms with Crippen molar-refractivity contribution in [3.05, 3.63) is 29.8 Å². The molecule has 1 heterocycles. The van der Waals surface area contributed by atoms with Crippen molar-refractivity contribution in [3.63, 3.8) is 0 Å². The number of carbonyl (C=O) groups excluding carboxylic acids is 1. The van der Waals surface area contributed by atoms with Crippen molar-refractivity contribution >= 4 is 11.7 Å². The lowest BCUT2D eigenvalue weighted by molar-refractivity contribution is 0.0526. The standard InChI is InChI=1S/C14H19N3O2/c1-2-19-14(18)12-6-8-13(9-7-12)15-16-17-10-4-3-5-11-17/h6-9H,2-5,10-11H2,1H3. The summed E-state index contributed by atoms with van der Waals surface area (Å²) in [5, 5.41) is 10.4. The van der Waals surface area contributed by atoms with Gasteiger partial charge in [0, 0.05) is 13.1 Å². The van der Waals surface area contributed by atoms with Gasteiger partial charge in [0.25, 0.3) is 0 Å². The summed E-state index contributed by atoms with van der Waals surface area (Å²) in [7, 11) is 0. The molecule has 0 bridgehead atoms. The molecule has 2 rings (SSSR count). The lowest BCUT2D eigenvalue weighted by Crippen LogP contribution is -2.23. The maximum Gasteiger partial charge on any atom is 0.338 e. The second kappa shape index (κ2) is 6.87. The van der Waals surface area contributed by atoms with Crippen molar-refractivity contribution in [2.24, 2.45) is 10.3 Å². The summed E-state index contributed by atoms with van der Waals surface area (Å²) in [4.78, 5) is 11.5. The maximum absolute atomic E-state index is 11.5. The van der Waals surface area contributed by atoms with Crippen molar-refractivity contribution in [1.29, 1.82) is 0 Å². The van der Waals surface area contributed by atoms with E-state index in [1.165, 1.54) is 19.3 Å². The quantitative estimate of drug-likeness (QED) is 0.617. The molecule has 5 nitrogen and oxygen atoms in total. The highest BCUT2D eigenvalue weighted by molar-refractivity contribution is 5.89. The lowest BCUT2D eigenvalue weighted by atomic mass is 10.2. The van der Waals surface area contributed by atoms with Gasteiger partial charge < -0.3 is 4.74 Å². The van der Waals surface area contributed by atoms with E-state index in [-0.39, 0.29) is 5.97 Å². The summed E-state index contributed by atoms with van der Waals surface area (Å²) < 4.78 is 4.92. The van der Waals surface area contributed by atoms with Gasteiger partial charge in [0.15, 0.2) is 0 Å². The van der Waals surface area contributed by atoms with Crippen LogP contribution < -0.4 is 0 Å². The Morgan fingerprint density at radius 3 is 2.53 bits per heavy atom. The smallest absolute Gasteiger partial charge is 0.338 e. The van der Waals surface area contributed by atoms with Crippen LogP contribution in [0.15, 0.2) is 34.6 Å². The Hall–Kier alpha value is -1.91. The molecule has 1 aliphatic rings. The molecule has 1 saturated heterocycles. The summed E-state index contributed by atoms with van der Waals surface area (Å²) in [6, 6.07) is 6.98. The summed E-state index contributed by atoms with van der Waals surface area (Å²) >= 11 is 0. The Bertz CT molecular complexity index is 437. The van der Waals surface area contributed by atoms with Crippen LogP contribution in [-0.4, -0.2) is 30.7 Å². The van der Waals surface area contributed by atoms with Gasteiger partial charge >= 0.3 is 5.97 Å². The van der Waals surface area contributed by atoms with E-state index in [9.17, 15) is 4.79 Å². The van der Waals surface area contributed by atoms with Crippen LogP contribution in [0.4, 0.5) is 5.69 Å². The van der Waals surface area contributed by atoms with E-state index in [1.54, 1.807) is 31.2 Å². The summed E-state index contributed by atoms with van der Waals surface area (Å²) in [6.45, 7) is 4.13. The van der Waals surface area contributed by atoms with Crippen LogP contribution in [0.2, 0.25) is 0 Å². The van der Waals surface area contributed by atoms with Crippen molar-refractivity contribution in [2.75, 3.05) is 19.7 Å². The third kappa shape index (κ3) is 4.05. The minimum Gasteiger partial charge on any atom is -0.462 e. The molecule has 1 aliphatic heterocycles. The van der Waals surface area contributed by atoms with Crippen LogP contribution in [0.25, 0.3) is 0 Å². The van der Waals surface area contributed by atoms with Crippen molar-refractivity contribution in [2.45, 2.75) is 26.2 Å². The number of benzene rings is 1. The number of hydrogen-bond donors (Lipinski definition) is 0. The highest BCUT2D eigenvalue weighted by atomic mass is 16.5. The van der Waals surface area contributed by atoms with E-state index in [0.717, 1.165) is 18.8 Å². The minimum absolute atomic E-state index is 0.304. The first-order valence-electron chi connectivity index (χ1n) is 6.73. The fourth-order valence-corrected chi connectivity index (χ4v) is 1.96. The van der Waals surface area contributed by atoms with E-state index in [2.05, 4.69) is 10.3 Å². The molecule has 0 radical (unpaired) electrons. The van der Waals surface area contributed by atoms with Crippen LogP contribution in [0.3, 0.4) is 0 Å². The molecule has 0 amide bonds. The van der Waals surface area contributed by atoms with Gasteiger partial charge in [-0.3, -0.25) is 5.01 Å². The molecule has 1 aromatic carbocycles. The maximum atomic E-state index is 11.5. The molecule has 5 heteroatoms. The van der Waals surface area contributed by atoms with Crippen LogP contribution in [0.5, 0.6) is 0 Å². The van der Waals surface area contributed by atoms with Gasteiger partial charge in [-0.25, -0.2) is 4.79 Å². The fourth-order valence-electron chi connectivity index (χ4n) is 1.96. The van der Waals surface area contributed by atoms with Crippen molar-refractivity contribution < 1.29 is 9.53 Å². The van der Waals surface area contributed by atoms with Crippen molar-refractivity contribution in [3.8, 4) is 0 Å². The number of ether oxygens (including phenoxy) is 1. The number of nitrogens with zero attached hydrogens (tertiary/aromatic N) is 3. The lowest BCUT2D eigenvalue weighted by Gasteiger charge is -2.21. The molecule has 19 heavy (non-hydrogen) atoms. The second-order valence-electron chi connectivity index (χ2n) is 4.47. The SMILES string of the molecule is CCOC(=O)c1ccc(N=NN2CCCCC2)cc1. The molecular formula is C14H19N3O2. The molecule has 0 unspecified atom stereocenters. The van der Waals surface area contributed by atoms with Gasteiger partial charge in [-0.15, -0.1) is 5.11 Å². The molecule has 0 spiro atoms. The molecule has 0 aliphatic carbocycles. The van der Waals surface area contributed by atoms with Gasteiger partial charge in [0.05, 0.1) is 17.9 Å². The van der Waals surface area contributed by atoms with Crippen LogP contribution in [-0.2, 0) is 4.74 Å². The van der Waals surface area contributed by atoms with Gasteiger partial charge in [0.1, 0.15) is 0 Å². The molecular weight excluding hydrogens is 242 g/mol. The number of piperidine rings is 1. The zero-order valence-corrected chi connectivity index (χ0v) is 11.2. The molecule has 0 saturated carbocycles. The number of esters is 1. The molecule has 0 atom stereocenters. The van der Waals surface area contributed by atoms with E-state index in [1.807, 2.05) is 5.01 Å². The largest absolute Gasteiger partial charge is 0.462 e. The molecule has 102 valence electrons. The summed E-state index contributed by atoms with van der Waals surface area (Å²) in [5.74, 6) is -0.304. The molecule has 1 fully saturated rings. The second-order valence-corrected chi connectivity index (χ2v) is 4.47. The van der Waals surface area contributed by atoms with Crippen molar-refractivity contribution in [1.82, 2.24) is 5.01 Å². The third-order valence-electron chi connectivity index (χ3n) is 3.00. The number of carbonyl (C=O) groups is 1.